The fourth-order valence-corrected chi connectivity index (χ4v) is 17.3. The van der Waals surface area contributed by atoms with Crippen LogP contribution in [0.4, 0.5) is 0 Å². The van der Waals surface area contributed by atoms with E-state index in [9.17, 15) is 0 Å². The second-order valence-corrected chi connectivity index (χ2v) is 30.2. The van der Waals surface area contributed by atoms with Crippen LogP contribution in [-0.4, -0.2) is 44.2 Å². The molecule has 1 aliphatic heterocycles. The summed E-state index contributed by atoms with van der Waals surface area (Å²) in [7, 11) is -3.05. The first-order valence-electron chi connectivity index (χ1n) is 11.5. The summed E-state index contributed by atoms with van der Waals surface area (Å²) in [6.45, 7) is 34.7. The van der Waals surface area contributed by atoms with Crippen LogP contribution < -0.4 is 0 Å². The Hall–Kier alpha value is 0.434. The minimum atomic E-state index is -1.64. The first-order valence-corrected chi connectivity index (χ1v) is 25.4. The molecule has 176 valence electrons. The van der Waals surface area contributed by atoms with Gasteiger partial charge in [0.05, 0.1) is 0 Å². The summed E-state index contributed by atoms with van der Waals surface area (Å²) in [5, 5.41) is 2.49. The van der Waals surface area contributed by atoms with Gasteiger partial charge in [-0.2, -0.15) is 0 Å². The second kappa shape index (κ2) is 11.5. The second-order valence-electron chi connectivity index (χ2n) is 12.5. The molecular formula is C24H52GeO2Si3. The van der Waals surface area contributed by atoms with Gasteiger partial charge in [0.1, 0.15) is 0 Å². The Labute approximate surface area is 198 Å². The molecule has 1 heterocycles. The largest absolute Gasteiger partial charge is 0.0715 e. The van der Waals surface area contributed by atoms with E-state index in [1.54, 1.807) is 11.1 Å². The first-order chi connectivity index (χ1) is 13.2. The van der Waals surface area contributed by atoms with E-state index in [2.05, 4.69) is 107 Å². The van der Waals surface area contributed by atoms with Crippen molar-refractivity contribution in [2.45, 2.75) is 122 Å². The maximum absolute atomic E-state index is 7.11. The maximum atomic E-state index is 7.11. The Kier molecular flexibility index (Phi) is 11.7. The SMILES string of the molecule is CC1=C(C)C[C@](O[Si](C)(C)C)(C(C)(C)C)[Ge]([CH2]/C=C(/C)O[Si](C)(C)C)[CH2]1.C[Si](C)C. The third kappa shape index (κ3) is 10.8. The average Bonchev–Trinajstić information content (AvgIpc) is 2.44. The van der Waals surface area contributed by atoms with Crippen molar-refractivity contribution in [1.82, 2.24) is 0 Å². The summed E-state index contributed by atoms with van der Waals surface area (Å²) in [5.74, 6) is 1.13. The number of allylic oxidation sites excluding steroid dienone is 3. The van der Waals surface area contributed by atoms with Crippen LogP contribution in [0, 0.1) is 5.41 Å². The van der Waals surface area contributed by atoms with Gasteiger partial charge in [-0.3, -0.25) is 0 Å². The van der Waals surface area contributed by atoms with Crippen LogP contribution >= 0.6 is 0 Å². The molecule has 0 bridgehead atoms. The van der Waals surface area contributed by atoms with Gasteiger partial charge >= 0.3 is 170 Å². The van der Waals surface area contributed by atoms with Gasteiger partial charge in [-0.25, -0.2) is 0 Å². The summed E-state index contributed by atoms with van der Waals surface area (Å²) in [6, 6.07) is 0. The average molecular weight is 530 g/mol. The zero-order valence-electron chi connectivity index (χ0n) is 23.0. The summed E-state index contributed by atoms with van der Waals surface area (Å²) in [5.41, 5.74) is 3.36. The van der Waals surface area contributed by atoms with E-state index in [1.807, 2.05) is 0 Å². The summed E-state index contributed by atoms with van der Waals surface area (Å²) in [4.78, 5) is 0. The molecule has 0 saturated heterocycles. The van der Waals surface area contributed by atoms with Crippen molar-refractivity contribution >= 4 is 39.8 Å². The molecule has 1 rings (SSSR count). The van der Waals surface area contributed by atoms with Crippen molar-refractivity contribution in [1.29, 1.82) is 0 Å². The molecule has 0 amide bonds. The topological polar surface area (TPSA) is 18.5 Å². The van der Waals surface area contributed by atoms with Crippen molar-refractivity contribution in [2.75, 3.05) is 0 Å². The maximum Gasteiger partial charge on any atom is 0.0379 e. The fraction of sp³-hybridized carbons (Fsp3) is 0.833. The molecule has 0 fully saturated rings. The van der Waals surface area contributed by atoms with E-state index >= 15 is 0 Å². The van der Waals surface area contributed by atoms with Crippen LogP contribution in [0.2, 0.25) is 69.4 Å². The molecule has 2 nitrogen and oxygen atoms in total. The molecule has 0 aromatic rings. The Morgan fingerprint density at radius 2 is 1.47 bits per heavy atom. The van der Waals surface area contributed by atoms with E-state index in [4.69, 9.17) is 8.85 Å². The van der Waals surface area contributed by atoms with Crippen molar-refractivity contribution in [3.8, 4) is 0 Å². The van der Waals surface area contributed by atoms with Crippen LogP contribution in [0.1, 0.15) is 48.0 Å². The summed E-state index contributed by atoms with van der Waals surface area (Å²) in [6.07, 6.45) is 3.53. The molecule has 1 atom stereocenters. The van der Waals surface area contributed by atoms with Crippen LogP contribution in [-0.2, 0) is 8.85 Å². The predicted octanol–water partition coefficient (Wildman–Crippen LogP) is 8.52. The molecule has 0 N–H and O–H groups in total. The van der Waals surface area contributed by atoms with Crippen molar-refractivity contribution in [3.05, 3.63) is 23.0 Å². The van der Waals surface area contributed by atoms with Crippen molar-refractivity contribution in [3.63, 3.8) is 0 Å². The number of hydrogen-bond donors (Lipinski definition) is 0. The standard InChI is InChI=1S/C21H43GeO2Si2.C3H9Si/c1-17-15-21(20(4,5)6,24-26(10,11)12)22(16-18(17)2)14-13-19(3)23-25(7,8)9;1-4(2)3/h13H,14-16H2,1-12H3;1-3H3/b19-13-;/t21-;/m0./s1. The van der Waals surface area contributed by atoms with Gasteiger partial charge in [0, 0.05) is 8.80 Å². The molecule has 30 heavy (non-hydrogen) atoms. The molecule has 0 saturated carbocycles. The van der Waals surface area contributed by atoms with Crippen LogP contribution in [0.15, 0.2) is 23.0 Å². The molecule has 1 aliphatic rings. The normalized spacial score (nSPS) is 22.2. The van der Waals surface area contributed by atoms with Crippen molar-refractivity contribution < 1.29 is 8.85 Å². The van der Waals surface area contributed by atoms with Crippen LogP contribution in [0.3, 0.4) is 0 Å². The molecule has 0 aromatic heterocycles. The molecule has 0 aromatic carbocycles. The van der Waals surface area contributed by atoms with E-state index in [-0.39, 0.29) is 18.6 Å². The van der Waals surface area contributed by atoms with E-state index in [0.717, 1.165) is 12.2 Å². The van der Waals surface area contributed by atoms with Gasteiger partial charge in [0.2, 0.25) is 0 Å². The number of rotatable bonds is 6. The van der Waals surface area contributed by atoms with E-state index < -0.39 is 31.0 Å². The Bertz CT molecular complexity index is 605. The fourth-order valence-electron chi connectivity index (χ4n) is 3.87. The summed E-state index contributed by atoms with van der Waals surface area (Å²) >= 11 is -1.55. The Morgan fingerprint density at radius 3 is 1.83 bits per heavy atom. The van der Waals surface area contributed by atoms with Gasteiger partial charge in [0.25, 0.3) is 0 Å². The van der Waals surface area contributed by atoms with Gasteiger partial charge in [-0.05, 0) is 0 Å². The molecule has 2 radical (unpaired) electrons. The van der Waals surface area contributed by atoms with Gasteiger partial charge in [0.15, 0.2) is 0 Å². The monoisotopic (exact) mass is 530 g/mol. The zero-order valence-corrected chi connectivity index (χ0v) is 28.1. The quantitative estimate of drug-likeness (QED) is 0.195. The molecule has 0 aliphatic carbocycles. The molecule has 0 spiro atoms. The first kappa shape index (κ1) is 30.4. The smallest absolute Gasteiger partial charge is 0.0379 e. The Balaban J connectivity index is 0.00000192. The summed E-state index contributed by atoms with van der Waals surface area (Å²) < 4.78 is 13.4. The van der Waals surface area contributed by atoms with E-state index in [0.29, 0.717) is 0 Å². The third-order valence-corrected chi connectivity index (χ3v) is 15.4. The van der Waals surface area contributed by atoms with Crippen molar-refractivity contribution in [2.24, 2.45) is 5.41 Å². The minimum Gasteiger partial charge on any atom is -0.0715 e. The Morgan fingerprint density at radius 1 is 1.00 bits per heavy atom. The van der Waals surface area contributed by atoms with Gasteiger partial charge < -0.3 is 0 Å². The van der Waals surface area contributed by atoms with Crippen LogP contribution in [0.5, 0.6) is 0 Å². The molecule has 0 unspecified atom stereocenters. The zero-order chi connectivity index (χ0) is 24.1. The van der Waals surface area contributed by atoms with Crippen LogP contribution in [0.25, 0.3) is 0 Å². The molecular weight excluding hydrogens is 477 g/mol. The predicted molar refractivity (Wildman–Crippen MR) is 147 cm³/mol. The third-order valence-electron chi connectivity index (χ3n) is 5.09. The molecule has 6 heteroatoms. The van der Waals surface area contributed by atoms with Gasteiger partial charge in [-0.15, -0.1) is 0 Å². The minimum absolute atomic E-state index is 0.0665. The number of hydrogen-bond acceptors (Lipinski definition) is 2. The van der Waals surface area contributed by atoms with E-state index in [1.165, 1.54) is 10.5 Å². The van der Waals surface area contributed by atoms with Gasteiger partial charge in [-0.1, -0.05) is 19.6 Å².